The lowest BCUT2D eigenvalue weighted by atomic mass is 9.85. The molecule has 1 saturated carbocycles. The van der Waals surface area contributed by atoms with Crippen LogP contribution in [0, 0.1) is 0 Å². The molecular formula is C31H36N2O3. The summed E-state index contributed by atoms with van der Waals surface area (Å²) in [4.78, 5) is 29.1. The molecule has 5 nitrogen and oxygen atoms in total. The molecule has 0 aliphatic heterocycles. The third-order valence-electron chi connectivity index (χ3n) is 7.35. The number of hydrogen-bond donors (Lipinski definition) is 1. The maximum absolute atomic E-state index is 12.9. The molecular weight excluding hydrogens is 448 g/mol. The molecule has 3 aromatic rings. The molecule has 1 fully saturated rings. The number of benzene rings is 2. The SMILES string of the molecule is CCC(=O)NCCCC(=O)c1ccc(C2(CC)CC2)c(Cc2ccc(-c3cccc(OC)c3)cn2)c1. The standard InChI is InChI=1S/C31H36N2O3/c1-4-30(35)32-17-7-10-29(34)23-12-14-28(31(5-2)15-16-31)25(18-23)19-26-13-11-24(21-33-26)22-8-6-9-27(20-22)36-3/h6,8-9,11-14,18,20-21H,4-5,7,10,15-17,19H2,1-3H3,(H,32,35). The molecule has 1 aromatic heterocycles. The number of rotatable bonds is 12. The predicted octanol–water partition coefficient (Wildman–Crippen LogP) is 6.28. The fourth-order valence-corrected chi connectivity index (χ4v) is 4.84. The second-order valence-corrected chi connectivity index (χ2v) is 9.68. The largest absolute Gasteiger partial charge is 0.497 e. The van der Waals surface area contributed by atoms with E-state index >= 15 is 0 Å². The van der Waals surface area contributed by atoms with E-state index in [4.69, 9.17) is 9.72 Å². The van der Waals surface area contributed by atoms with Crippen molar-refractivity contribution in [2.75, 3.05) is 13.7 Å². The van der Waals surface area contributed by atoms with Crippen LogP contribution < -0.4 is 10.1 Å². The topological polar surface area (TPSA) is 68.3 Å². The third kappa shape index (κ3) is 6.01. The van der Waals surface area contributed by atoms with Gasteiger partial charge in [-0.1, -0.05) is 44.2 Å². The number of ketones is 1. The van der Waals surface area contributed by atoms with Gasteiger partial charge in [-0.05, 0) is 72.1 Å². The third-order valence-corrected chi connectivity index (χ3v) is 7.35. The molecule has 1 N–H and O–H groups in total. The summed E-state index contributed by atoms with van der Waals surface area (Å²) >= 11 is 0. The summed E-state index contributed by atoms with van der Waals surface area (Å²) in [6.07, 6.45) is 7.65. The van der Waals surface area contributed by atoms with Crippen molar-refractivity contribution in [2.24, 2.45) is 0 Å². The average Bonchev–Trinajstić information content (AvgIpc) is 3.72. The van der Waals surface area contributed by atoms with Gasteiger partial charge in [-0.15, -0.1) is 0 Å². The molecule has 36 heavy (non-hydrogen) atoms. The Labute approximate surface area is 214 Å². The average molecular weight is 485 g/mol. The molecule has 0 spiro atoms. The zero-order valence-electron chi connectivity index (χ0n) is 21.6. The van der Waals surface area contributed by atoms with Crippen molar-refractivity contribution in [3.05, 3.63) is 83.2 Å². The van der Waals surface area contributed by atoms with E-state index in [9.17, 15) is 9.59 Å². The fraction of sp³-hybridized carbons (Fsp3) is 0.387. The highest BCUT2D eigenvalue weighted by molar-refractivity contribution is 5.96. The van der Waals surface area contributed by atoms with Crippen molar-refractivity contribution >= 4 is 11.7 Å². The molecule has 2 aromatic carbocycles. The lowest BCUT2D eigenvalue weighted by Crippen LogP contribution is -2.23. The van der Waals surface area contributed by atoms with E-state index in [2.05, 4.69) is 42.6 Å². The van der Waals surface area contributed by atoms with Crippen molar-refractivity contribution < 1.29 is 14.3 Å². The fourth-order valence-electron chi connectivity index (χ4n) is 4.84. The first kappa shape index (κ1) is 25.6. The zero-order valence-corrected chi connectivity index (χ0v) is 21.6. The molecule has 0 atom stereocenters. The van der Waals surface area contributed by atoms with Gasteiger partial charge in [0.05, 0.1) is 7.11 Å². The summed E-state index contributed by atoms with van der Waals surface area (Å²) in [6.45, 7) is 4.61. The van der Waals surface area contributed by atoms with Crippen LogP contribution in [0.5, 0.6) is 5.75 Å². The molecule has 1 aliphatic carbocycles. The molecule has 0 unspecified atom stereocenters. The van der Waals surface area contributed by atoms with Gasteiger partial charge in [0, 0.05) is 48.8 Å². The highest BCUT2D eigenvalue weighted by atomic mass is 16.5. The number of aromatic nitrogens is 1. The van der Waals surface area contributed by atoms with E-state index in [1.54, 1.807) is 7.11 Å². The van der Waals surface area contributed by atoms with Crippen molar-refractivity contribution in [1.82, 2.24) is 10.3 Å². The number of nitrogens with zero attached hydrogens (tertiary/aromatic N) is 1. The minimum atomic E-state index is 0.0216. The maximum Gasteiger partial charge on any atom is 0.219 e. The molecule has 0 saturated heterocycles. The van der Waals surface area contributed by atoms with Crippen LogP contribution >= 0.6 is 0 Å². The van der Waals surface area contributed by atoms with E-state index in [0.29, 0.717) is 32.2 Å². The summed E-state index contributed by atoms with van der Waals surface area (Å²) < 4.78 is 5.35. The smallest absolute Gasteiger partial charge is 0.219 e. The van der Waals surface area contributed by atoms with E-state index in [1.165, 1.54) is 24.0 Å². The Balaban J connectivity index is 1.52. The number of carbonyl (C=O) groups is 2. The first-order valence-electron chi connectivity index (χ1n) is 13.0. The Morgan fingerprint density at radius 2 is 1.86 bits per heavy atom. The van der Waals surface area contributed by atoms with E-state index < -0.39 is 0 Å². The van der Waals surface area contributed by atoms with Crippen molar-refractivity contribution in [3.63, 3.8) is 0 Å². The van der Waals surface area contributed by atoms with E-state index in [-0.39, 0.29) is 17.1 Å². The Morgan fingerprint density at radius 3 is 2.53 bits per heavy atom. The number of carbonyl (C=O) groups excluding carboxylic acids is 2. The number of nitrogens with one attached hydrogen (secondary N) is 1. The van der Waals surface area contributed by atoms with Gasteiger partial charge in [0.25, 0.3) is 0 Å². The molecule has 0 bridgehead atoms. The van der Waals surface area contributed by atoms with Crippen LogP contribution in [-0.4, -0.2) is 30.3 Å². The van der Waals surface area contributed by atoms with Crippen LogP contribution in [-0.2, 0) is 16.6 Å². The first-order chi connectivity index (χ1) is 17.5. The number of hydrogen-bond acceptors (Lipinski definition) is 4. The van der Waals surface area contributed by atoms with Crippen molar-refractivity contribution in [1.29, 1.82) is 0 Å². The maximum atomic E-state index is 12.9. The summed E-state index contributed by atoms with van der Waals surface area (Å²) in [5.41, 5.74) is 6.64. The number of amides is 1. The van der Waals surface area contributed by atoms with Crippen LogP contribution in [0.25, 0.3) is 11.1 Å². The Bertz CT molecular complexity index is 1210. The zero-order chi connectivity index (χ0) is 25.5. The van der Waals surface area contributed by atoms with Gasteiger partial charge < -0.3 is 10.1 Å². The van der Waals surface area contributed by atoms with E-state index in [0.717, 1.165) is 34.6 Å². The molecule has 1 aliphatic rings. The van der Waals surface area contributed by atoms with Gasteiger partial charge in [0.1, 0.15) is 5.75 Å². The second kappa shape index (κ2) is 11.5. The van der Waals surface area contributed by atoms with Crippen molar-refractivity contribution in [2.45, 2.75) is 64.2 Å². The van der Waals surface area contributed by atoms with Crippen LogP contribution in [0.3, 0.4) is 0 Å². The lowest BCUT2D eigenvalue weighted by molar-refractivity contribution is -0.120. The second-order valence-electron chi connectivity index (χ2n) is 9.68. The number of pyridine rings is 1. The first-order valence-corrected chi connectivity index (χ1v) is 13.0. The van der Waals surface area contributed by atoms with Crippen molar-refractivity contribution in [3.8, 4) is 16.9 Å². The number of ether oxygens (including phenoxy) is 1. The Kier molecular flexibility index (Phi) is 8.19. The quantitative estimate of drug-likeness (QED) is 0.243. The van der Waals surface area contributed by atoms with Gasteiger partial charge >= 0.3 is 0 Å². The molecule has 4 rings (SSSR count). The molecule has 188 valence electrons. The Morgan fingerprint density at radius 1 is 1.03 bits per heavy atom. The normalized spacial score (nSPS) is 13.8. The molecule has 1 heterocycles. The van der Waals surface area contributed by atoms with E-state index in [1.807, 2.05) is 37.4 Å². The minimum Gasteiger partial charge on any atom is -0.497 e. The van der Waals surface area contributed by atoms with Crippen LogP contribution in [0.15, 0.2) is 60.8 Å². The Hall–Kier alpha value is -3.47. The summed E-state index contributed by atoms with van der Waals surface area (Å²) in [5.74, 6) is 0.967. The molecule has 0 radical (unpaired) electrons. The van der Waals surface area contributed by atoms with Gasteiger partial charge in [0.2, 0.25) is 5.91 Å². The van der Waals surface area contributed by atoms with Gasteiger partial charge in [-0.3, -0.25) is 14.6 Å². The minimum absolute atomic E-state index is 0.0216. The van der Waals surface area contributed by atoms with Gasteiger partial charge in [-0.25, -0.2) is 0 Å². The molecule has 5 heteroatoms. The molecule has 1 amide bonds. The lowest BCUT2D eigenvalue weighted by Gasteiger charge is -2.19. The monoisotopic (exact) mass is 484 g/mol. The number of methoxy groups -OCH3 is 1. The highest BCUT2D eigenvalue weighted by Gasteiger charge is 2.43. The summed E-state index contributed by atoms with van der Waals surface area (Å²) in [7, 11) is 1.67. The number of Topliss-reactive ketones (excluding diaryl/α,β-unsaturated/α-hetero) is 1. The van der Waals surface area contributed by atoms with Gasteiger partial charge in [0.15, 0.2) is 5.78 Å². The summed E-state index contributed by atoms with van der Waals surface area (Å²) in [5, 5.41) is 2.84. The van der Waals surface area contributed by atoms with Crippen LogP contribution in [0.4, 0.5) is 0 Å². The van der Waals surface area contributed by atoms with Crippen LogP contribution in [0.1, 0.15) is 79.6 Å². The van der Waals surface area contributed by atoms with Crippen LogP contribution in [0.2, 0.25) is 0 Å². The predicted molar refractivity (Wildman–Crippen MR) is 144 cm³/mol. The highest BCUT2D eigenvalue weighted by Crippen LogP contribution is 2.52. The summed E-state index contributed by atoms with van der Waals surface area (Å²) in [6, 6.07) is 18.4. The van der Waals surface area contributed by atoms with Gasteiger partial charge in [-0.2, -0.15) is 0 Å².